The van der Waals surface area contributed by atoms with E-state index < -0.39 is 0 Å². The molecule has 0 radical (unpaired) electrons. The first-order valence-corrected chi connectivity index (χ1v) is 8.57. The molecular weight excluding hydrogens is 379 g/mol. The van der Waals surface area contributed by atoms with Gasteiger partial charge in [-0.1, -0.05) is 23.2 Å². The van der Waals surface area contributed by atoms with E-state index in [0.29, 0.717) is 34.6 Å². The Balaban J connectivity index is 2.20. The molecule has 1 amide bonds. The molecule has 2 aromatic rings. The number of benzene rings is 2. The van der Waals surface area contributed by atoms with E-state index in [1.807, 2.05) is 6.92 Å². The molecule has 0 aliphatic rings. The fraction of sp³-hybridized carbons (Fsp3) is 0.278. The van der Waals surface area contributed by atoms with Crippen molar-refractivity contribution in [2.24, 2.45) is 0 Å². The van der Waals surface area contributed by atoms with Gasteiger partial charge < -0.3 is 25.3 Å². The topological polar surface area (TPSA) is 82.8 Å². The van der Waals surface area contributed by atoms with Crippen LogP contribution in [0.5, 0.6) is 17.2 Å². The maximum Gasteiger partial charge on any atom is 0.255 e. The molecule has 140 valence electrons. The summed E-state index contributed by atoms with van der Waals surface area (Å²) in [6.45, 7) is 2.55. The predicted molar refractivity (Wildman–Crippen MR) is 103 cm³/mol. The first-order valence-electron chi connectivity index (χ1n) is 7.81. The molecule has 2 rings (SSSR count). The number of methoxy groups -OCH3 is 2. The molecule has 8 heteroatoms. The Kier molecular flexibility index (Phi) is 6.83. The molecule has 0 aromatic heterocycles. The van der Waals surface area contributed by atoms with Crippen molar-refractivity contribution < 1.29 is 19.0 Å². The smallest absolute Gasteiger partial charge is 0.255 e. The van der Waals surface area contributed by atoms with Gasteiger partial charge in [-0.05, 0) is 30.7 Å². The van der Waals surface area contributed by atoms with E-state index in [1.165, 1.54) is 26.4 Å². The second-order valence-electron chi connectivity index (χ2n) is 5.30. The second kappa shape index (κ2) is 8.87. The first-order chi connectivity index (χ1) is 12.4. The predicted octanol–water partition coefficient (Wildman–Crippen LogP) is 3.92. The molecule has 3 N–H and O–H groups in total. The summed E-state index contributed by atoms with van der Waals surface area (Å²) in [6, 6.07) is 6.44. The van der Waals surface area contributed by atoms with Crippen molar-refractivity contribution in [1.82, 2.24) is 5.32 Å². The Morgan fingerprint density at radius 2 is 1.77 bits per heavy atom. The zero-order valence-corrected chi connectivity index (χ0v) is 16.2. The fourth-order valence-electron chi connectivity index (χ4n) is 2.35. The highest BCUT2D eigenvalue weighted by Crippen LogP contribution is 2.36. The monoisotopic (exact) mass is 398 g/mol. The lowest BCUT2D eigenvalue weighted by atomic mass is 10.1. The van der Waals surface area contributed by atoms with Crippen molar-refractivity contribution in [3.8, 4) is 17.2 Å². The Hall–Kier alpha value is -2.31. The maximum atomic E-state index is 12.5. The molecule has 0 atom stereocenters. The minimum Gasteiger partial charge on any atom is -0.496 e. The summed E-state index contributed by atoms with van der Waals surface area (Å²) >= 11 is 12.2. The lowest BCUT2D eigenvalue weighted by molar-refractivity contribution is 0.0948. The zero-order valence-electron chi connectivity index (χ0n) is 14.7. The van der Waals surface area contributed by atoms with Crippen molar-refractivity contribution in [1.29, 1.82) is 0 Å². The van der Waals surface area contributed by atoms with E-state index in [4.69, 9.17) is 43.1 Å². The lowest BCUT2D eigenvalue weighted by Crippen LogP contribution is -2.23. The van der Waals surface area contributed by atoms with E-state index >= 15 is 0 Å². The summed E-state index contributed by atoms with van der Waals surface area (Å²) in [5.74, 6) is 0.954. The van der Waals surface area contributed by atoms with E-state index in [-0.39, 0.29) is 23.0 Å². The van der Waals surface area contributed by atoms with Crippen molar-refractivity contribution >= 4 is 34.8 Å². The van der Waals surface area contributed by atoms with E-state index in [1.54, 1.807) is 12.1 Å². The van der Waals surface area contributed by atoms with Crippen LogP contribution in [0.2, 0.25) is 10.0 Å². The number of nitrogens with two attached hydrogens (primary N) is 1. The normalized spacial score (nSPS) is 10.3. The highest BCUT2D eigenvalue weighted by molar-refractivity contribution is 6.33. The standard InChI is InChI=1S/C18H20Cl2N2O4/c1-4-26-17-13(20)5-10(6-16(17)25-3)9-22-18(23)11-7-12(19)14(21)8-15(11)24-2/h5-8H,4,9,21H2,1-3H3,(H,22,23). The van der Waals surface area contributed by atoms with Crippen LogP contribution in [-0.4, -0.2) is 26.7 Å². The van der Waals surface area contributed by atoms with Crippen molar-refractivity contribution in [3.05, 3.63) is 45.4 Å². The van der Waals surface area contributed by atoms with Gasteiger partial charge >= 0.3 is 0 Å². The first kappa shape index (κ1) is 20.0. The van der Waals surface area contributed by atoms with Crippen LogP contribution in [0.3, 0.4) is 0 Å². The number of carbonyl (C=O) groups excluding carboxylic acids is 1. The maximum absolute atomic E-state index is 12.5. The molecular formula is C18H20Cl2N2O4. The van der Waals surface area contributed by atoms with Gasteiger partial charge in [0, 0.05) is 12.6 Å². The zero-order chi connectivity index (χ0) is 19.3. The van der Waals surface area contributed by atoms with Crippen molar-refractivity contribution in [2.75, 3.05) is 26.6 Å². The third-order valence-corrected chi connectivity index (χ3v) is 4.20. The number of carbonyl (C=O) groups is 1. The summed E-state index contributed by atoms with van der Waals surface area (Å²) in [7, 11) is 2.98. The highest BCUT2D eigenvalue weighted by atomic mass is 35.5. The Bertz CT molecular complexity index is 812. The van der Waals surface area contributed by atoms with Gasteiger partial charge in [0.2, 0.25) is 0 Å². The van der Waals surface area contributed by atoms with Gasteiger partial charge in [-0.15, -0.1) is 0 Å². The van der Waals surface area contributed by atoms with Crippen molar-refractivity contribution in [2.45, 2.75) is 13.5 Å². The number of halogens is 2. The summed E-state index contributed by atoms with van der Waals surface area (Å²) in [4.78, 5) is 12.5. The molecule has 0 aliphatic carbocycles. The SMILES string of the molecule is CCOc1c(Cl)cc(CNC(=O)c2cc(Cl)c(N)cc2OC)cc1OC. The fourth-order valence-corrected chi connectivity index (χ4v) is 2.80. The Labute approximate surface area is 162 Å². The van der Waals surface area contributed by atoms with Gasteiger partial charge in [0.15, 0.2) is 11.5 Å². The number of nitrogen functional groups attached to an aromatic ring is 1. The molecule has 0 aliphatic heterocycles. The average Bonchev–Trinajstić information content (AvgIpc) is 2.63. The molecule has 0 bridgehead atoms. The number of nitrogens with one attached hydrogen (secondary N) is 1. The van der Waals surface area contributed by atoms with Gasteiger partial charge in [-0.25, -0.2) is 0 Å². The quantitative estimate of drug-likeness (QED) is 0.690. The molecule has 26 heavy (non-hydrogen) atoms. The van der Waals surface area contributed by atoms with Crippen LogP contribution in [0.1, 0.15) is 22.8 Å². The van der Waals surface area contributed by atoms with Crippen LogP contribution in [0.15, 0.2) is 24.3 Å². The molecule has 0 spiro atoms. The summed E-state index contributed by atoms with van der Waals surface area (Å²) in [5.41, 5.74) is 7.11. The summed E-state index contributed by atoms with van der Waals surface area (Å²) < 4.78 is 16.0. The molecule has 0 unspecified atom stereocenters. The summed E-state index contributed by atoms with van der Waals surface area (Å²) in [5, 5.41) is 3.48. The van der Waals surface area contributed by atoms with Gasteiger partial charge in [0.1, 0.15) is 5.75 Å². The van der Waals surface area contributed by atoms with Crippen LogP contribution >= 0.6 is 23.2 Å². The number of rotatable bonds is 7. The number of ether oxygens (including phenoxy) is 3. The Morgan fingerprint density at radius 1 is 1.08 bits per heavy atom. The lowest BCUT2D eigenvalue weighted by Gasteiger charge is -2.14. The summed E-state index contributed by atoms with van der Waals surface area (Å²) in [6.07, 6.45) is 0. The van der Waals surface area contributed by atoms with Crippen LogP contribution in [0.25, 0.3) is 0 Å². The third kappa shape index (κ3) is 4.45. The van der Waals surface area contributed by atoms with Crippen LogP contribution in [0.4, 0.5) is 5.69 Å². The minimum atomic E-state index is -0.354. The van der Waals surface area contributed by atoms with Gasteiger partial charge in [0.25, 0.3) is 5.91 Å². The van der Waals surface area contributed by atoms with Crippen LogP contribution in [-0.2, 0) is 6.54 Å². The van der Waals surface area contributed by atoms with Gasteiger partial charge in [-0.3, -0.25) is 4.79 Å². The number of hydrogen-bond acceptors (Lipinski definition) is 5. The molecule has 0 saturated carbocycles. The second-order valence-corrected chi connectivity index (χ2v) is 6.11. The van der Waals surface area contributed by atoms with E-state index in [9.17, 15) is 4.79 Å². The van der Waals surface area contributed by atoms with E-state index in [2.05, 4.69) is 5.32 Å². The number of anilines is 1. The highest BCUT2D eigenvalue weighted by Gasteiger charge is 2.16. The molecule has 0 saturated heterocycles. The van der Waals surface area contributed by atoms with Gasteiger partial charge in [0.05, 0.1) is 42.1 Å². The van der Waals surface area contributed by atoms with Crippen LogP contribution in [0, 0.1) is 0 Å². The average molecular weight is 399 g/mol. The van der Waals surface area contributed by atoms with E-state index in [0.717, 1.165) is 5.56 Å². The molecule has 6 nitrogen and oxygen atoms in total. The largest absolute Gasteiger partial charge is 0.496 e. The third-order valence-electron chi connectivity index (χ3n) is 3.59. The molecule has 2 aromatic carbocycles. The molecule has 0 heterocycles. The molecule has 0 fully saturated rings. The number of hydrogen-bond donors (Lipinski definition) is 2. The van der Waals surface area contributed by atoms with Crippen molar-refractivity contribution in [3.63, 3.8) is 0 Å². The Morgan fingerprint density at radius 3 is 2.38 bits per heavy atom. The minimum absolute atomic E-state index is 0.229. The van der Waals surface area contributed by atoms with Crippen LogP contribution < -0.4 is 25.3 Å². The number of amides is 1. The van der Waals surface area contributed by atoms with Gasteiger partial charge in [-0.2, -0.15) is 0 Å².